The standard InChI is InChI=1S/C16H18N2O3/c1-5-21-16(20)14-13(9-19)8-18(17-14)15-11(3)6-10(2)7-12(15)4/h6-9H,5H2,1-4H3. The normalized spacial score (nSPS) is 10.5. The van der Waals surface area contributed by atoms with Gasteiger partial charge in [-0.2, -0.15) is 5.10 Å². The smallest absolute Gasteiger partial charge is 0.359 e. The Kier molecular flexibility index (Phi) is 4.21. The van der Waals surface area contributed by atoms with Gasteiger partial charge in [0.1, 0.15) is 0 Å². The number of carbonyl (C=O) groups excluding carboxylic acids is 2. The van der Waals surface area contributed by atoms with Gasteiger partial charge in [-0.3, -0.25) is 4.79 Å². The van der Waals surface area contributed by atoms with Crippen molar-refractivity contribution in [3.8, 4) is 5.69 Å². The average Bonchev–Trinajstić information content (AvgIpc) is 2.81. The van der Waals surface area contributed by atoms with E-state index in [1.807, 2.05) is 32.9 Å². The lowest BCUT2D eigenvalue weighted by atomic mass is 10.1. The van der Waals surface area contributed by atoms with Gasteiger partial charge in [-0.15, -0.1) is 0 Å². The van der Waals surface area contributed by atoms with E-state index in [2.05, 4.69) is 5.10 Å². The molecule has 5 heteroatoms. The summed E-state index contributed by atoms with van der Waals surface area (Å²) in [5.41, 5.74) is 4.37. The van der Waals surface area contributed by atoms with Crippen molar-refractivity contribution in [3.05, 3.63) is 46.3 Å². The zero-order valence-corrected chi connectivity index (χ0v) is 12.6. The summed E-state index contributed by atoms with van der Waals surface area (Å²) in [6, 6.07) is 4.07. The SMILES string of the molecule is CCOC(=O)c1nn(-c2c(C)cc(C)cc2C)cc1C=O. The van der Waals surface area contributed by atoms with Crippen LogP contribution in [0.15, 0.2) is 18.3 Å². The predicted octanol–water partition coefficient (Wildman–Crippen LogP) is 2.79. The number of aldehydes is 1. The molecule has 0 saturated heterocycles. The Balaban J connectivity index is 2.56. The predicted molar refractivity (Wildman–Crippen MR) is 79.1 cm³/mol. The van der Waals surface area contributed by atoms with Gasteiger partial charge in [-0.25, -0.2) is 9.48 Å². The highest BCUT2D eigenvalue weighted by atomic mass is 16.5. The van der Waals surface area contributed by atoms with Gasteiger partial charge in [0.2, 0.25) is 0 Å². The maximum atomic E-state index is 11.8. The molecule has 0 N–H and O–H groups in total. The van der Waals surface area contributed by atoms with Crippen LogP contribution in [0, 0.1) is 20.8 Å². The summed E-state index contributed by atoms with van der Waals surface area (Å²) in [6.07, 6.45) is 2.18. The molecule has 0 aliphatic heterocycles. The number of aromatic nitrogens is 2. The van der Waals surface area contributed by atoms with E-state index in [4.69, 9.17) is 4.74 Å². The Morgan fingerprint density at radius 2 is 1.90 bits per heavy atom. The minimum Gasteiger partial charge on any atom is -0.461 e. The number of rotatable bonds is 4. The molecule has 0 fully saturated rings. The molecule has 0 saturated carbocycles. The van der Waals surface area contributed by atoms with Crippen molar-refractivity contribution in [2.24, 2.45) is 0 Å². The summed E-state index contributed by atoms with van der Waals surface area (Å²) in [5, 5.41) is 4.23. The highest BCUT2D eigenvalue weighted by Gasteiger charge is 2.19. The third-order valence-corrected chi connectivity index (χ3v) is 3.20. The van der Waals surface area contributed by atoms with Crippen molar-refractivity contribution in [2.75, 3.05) is 6.61 Å². The molecular formula is C16H18N2O3. The van der Waals surface area contributed by atoms with Gasteiger partial charge in [0.15, 0.2) is 12.0 Å². The fourth-order valence-corrected chi connectivity index (χ4v) is 2.48. The summed E-state index contributed by atoms with van der Waals surface area (Å²) in [7, 11) is 0. The van der Waals surface area contributed by atoms with Crippen molar-refractivity contribution in [1.82, 2.24) is 9.78 Å². The molecular weight excluding hydrogens is 268 g/mol. The average molecular weight is 286 g/mol. The number of nitrogens with zero attached hydrogens (tertiary/aromatic N) is 2. The van der Waals surface area contributed by atoms with E-state index >= 15 is 0 Å². The van der Waals surface area contributed by atoms with Crippen LogP contribution in [0.25, 0.3) is 5.69 Å². The molecule has 110 valence electrons. The largest absolute Gasteiger partial charge is 0.461 e. The maximum absolute atomic E-state index is 11.8. The number of aryl methyl sites for hydroxylation is 3. The molecule has 21 heavy (non-hydrogen) atoms. The second-order valence-electron chi connectivity index (χ2n) is 4.96. The van der Waals surface area contributed by atoms with E-state index in [0.717, 1.165) is 22.4 Å². The maximum Gasteiger partial charge on any atom is 0.359 e. The zero-order chi connectivity index (χ0) is 15.6. The third kappa shape index (κ3) is 2.86. The second-order valence-corrected chi connectivity index (χ2v) is 4.96. The molecule has 1 heterocycles. The van der Waals surface area contributed by atoms with E-state index in [0.29, 0.717) is 6.29 Å². The van der Waals surface area contributed by atoms with Crippen LogP contribution < -0.4 is 0 Å². The van der Waals surface area contributed by atoms with Crippen LogP contribution in [0.1, 0.15) is 44.5 Å². The van der Waals surface area contributed by atoms with Gasteiger partial charge in [0.25, 0.3) is 0 Å². The van der Waals surface area contributed by atoms with Crippen molar-refractivity contribution in [2.45, 2.75) is 27.7 Å². The summed E-state index contributed by atoms with van der Waals surface area (Å²) < 4.78 is 6.50. The molecule has 1 aromatic carbocycles. The molecule has 5 nitrogen and oxygen atoms in total. The Bertz CT molecular complexity index is 679. The first-order chi connectivity index (χ1) is 9.97. The minimum atomic E-state index is -0.583. The van der Waals surface area contributed by atoms with Crippen LogP contribution in [0.3, 0.4) is 0 Å². The topological polar surface area (TPSA) is 61.2 Å². The molecule has 0 spiro atoms. The molecule has 0 atom stereocenters. The Hall–Kier alpha value is -2.43. The first kappa shape index (κ1) is 15.0. The van der Waals surface area contributed by atoms with Gasteiger partial charge in [-0.05, 0) is 38.8 Å². The molecule has 2 aromatic rings. The van der Waals surface area contributed by atoms with Gasteiger partial charge < -0.3 is 4.74 Å². The lowest BCUT2D eigenvalue weighted by molar-refractivity contribution is 0.0517. The number of carbonyl (C=O) groups is 2. The number of esters is 1. The van der Waals surface area contributed by atoms with Crippen molar-refractivity contribution < 1.29 is 14.3 Å². The molecule has 1 aromatic heterocycles. The minimum absolute atomic E-state index is 0.0474. The van der Waals surface area contributed by atoms with E-state index < -0.39 is 5.97 Å². The summed E-state index contributed by atoms with van der Waals surface area (Å²) >= 11 is 0. The monoisotopic (exact) mass is 286 g/mol. The van der Waals surface area contributed by atoms with E-state index in [1.165, 1.54) is 0 Å². The van der Waals surface area contributed by atoms with E-state index in [-0.39, 0.29) is 17.9 Å². The van der Waals surface area contributed by atoms with Crippen molar-refractivity contribution in [3.63, 3.8) is 0 Å². The first-order valence-corrected chi connectivity index (χ1v) is 6.78. The van der Waals surface area contributed by atoms with E-state index in [1.54, 1.807) is 17.8 Å². The van der Waals surface area contributed by atoms with Gasteiger partial charge in [0, 0.05) is 6.20 Å². The molecule has 0 bridgehead atoms. The van der Waals surface area contributed by atoms with Crippen LogP contribution in [0.5, 0.6) is 0 Å². The third-order valence-electron chi connectivity index (χ3n) is 3.20. The fourth-order valence-electron chi connectivity index (χ4n) is 2.48. The lowest BCUT2D eigenvalue weighted by Crippen LogP contribution is -2.09. The number of hydrogen-bond donors (Lipinski definition) is 0. The van der Waals surface area contributed by atoms with Crippen molar-refractivity contribution in [1.29, 1.82) is 0 Å². The zero-order valence-electron chi connectivity index (χ0n) is 12.6. The van der Waals surface area contributed by atoms with Crippen molar-refractivity contribution >= 4 is 12.3 Å². The second kappa shape index (κ2) is 5.91. The summed E-state index contributed by atoms with van der Waals surface area (Å²) in [4.78, 5) is 23.0. The van der Waals surface area contributed by atoms with Gasteiger partial charge >= 0.3 is 5.97 Å². The molecule has 0 aliphatic rings. The molecule has 0 radical (unpaired) electrons. The fraction of sp³-hybridized carbons (Fsp3) is 0.312. The van der Waals surface area contributed by atoms with Crippen LogP contribution in [0.4, 0.5) is 0 Å². The molecule has 0 amide bonds. The van der Waals surface area contributed by atoms with Crippen LogP contribution >= 0.6 is 0 Å². The van der Waals surface area contributed by atoms with Crippen LogP contribution in [-0.2, 0) is 4.74 Å². The Morgan fingerprint density at radius 3 is 2.43 bits per heavy atom. The van der Waals surface area contributed by atoms with Gasteiger partial charge in [-0.1, -0.05) is 17.7 Å². The highest BCUT2D eigenvalue weighted by molar-refractivity contribution is 5.96. The number of ether oxygens (including phenoxy) is 1. The highest BCUT2D eigenvalue weighted by Crippen LogP contribution is 2.21. The molecule has 2 rings (SSSR count). The lowest BCUT2D eigenvalue weighted by Gasteiger charge is -2.11. The van der Waals surface area contributed by atoms with Crippen LogP contribution in [0.2, 0.25) is 0 Å². The Morgan fingerprint density at radius 1 is 1.29 bits per heavy atom. The molecule has 0 aliphatic carbocycles. The number of hydrogen-bond acceptors (Lipinski definition) is 4. The van der Waals surface area contributed by atoms with Gasteiger partial charge in [0.05, 0.1) is 17.9 Å². The first-order valence-electron chi connectivity index (χ1n) is 6.78. The molecule has 0 unspecified atom stereocenters. The van der Waals surface area contributed by atoms with E-state index in [9.17, 15) is 9.59 Å². The van der Waals surface area contributed by atoms with Crippen LogP contribution in [-0.4, -0.2) is 28.6 Å². The summed E-state index contributed by atoms with van der Waals surface area (Å²) in [5.74, 6) is -0.583. The number of benzene rings is 1. The Labute approximate surface area is 123 Å². The quantitative estimate of drug-likeness (QED) is 0.640. The summed E-state index contributed by atoms with van der Waals surface area (Å²) in [6.45, 7) is 7.92.